The third-order valence-corrected chi connectivity index (χ3v) is 5.07. The number of hydrogen-bond donors (Lipinski definition) is 2. The molecule has 0 radical (unpaired) electrons. The highest BCUT2D eigenvalue weighted by Crippen LogP contribution is 2.28. The molecule has 0 aliphatic carbocycles. The summed E-state index contributed by atoms with van der Waals surface area (Å²) in [6, 6.07) is 8.79. The number of nitrogens with zero attached hydrogens (tertiary/aromatic N) is 1. The number of amides is 3. The molecule has 0 spiro atoms. The Bertz CT molecular complexity index is 810. The summed E-state index contributed by atoms with van der Waals surface area (Å²) in [5, 5.41) is 5.32. The topological polar surface area (TPSA) is 78.5 Å². The molecule has 138 valence electrons. The molecule has 0 saturated carbocycles. The van der Waals surface area contributed by atoms with Crippen molar-refractivity contribution in [3.63, 3.8) is 0 Å². The van der Waals surface area contributed by atoms with Gasteiger partial charge in [-0.1, -0.05) is 0 Å². The van der Waals surface area contributed by atoms with E-state index in [1.807, 2.05) is 26.0 Å². The van der Waals surface area contributed by atoms with Crippen LogP contribution in [0, 0.1) is 6.92 Å². The fourth-order valence-corrected chi connectivity index (χ4v) is 3.52. The van der Waals surface area contributed by atoms with Crippen LogP contribution >= 0.6 is 11.3 Å². The van der Waals surface area contributed by atoms with Crippen LogP contribution in [0.3, 0.4) is 0 Å². The maximum Gasteiger partial charge on any atom is 0.254 e. The van der Waals surface area contributed by atoms with Crippen LogP contribution in [0.4, 0.5) is 11.4 Å². The zero-order valence-electron chi connectivity index (χ0n) is 15.5. The van der Waals surface area contributed by atoms with Gasteiger partial charge < -0.3 is 15.5 Å². The number of nitrogens with one attached hydrogen (secondary N) is 2. The molecule has 1 aromatic heterocycles. The Morgan fingerprint density at radius 3 is 1.96 bits per heavy atom. The highest BCUT2D eigenvalue weighted by Gasteiger charge is 2.21. The molecule has 1 aromatic carbocycles. The third kappa shape index (κ3) is 4.92. The second kappa shape index (κ2) is 8.14. The molecule has 7 heteroatoms. The summed E-state index contributed by atoms with van der Waals surface area (Å²) in [6.07, 6.45) is 0. The summed E-state index contributed by atoms with van der Waals surface area (Å²) in [5.41, 5.74) is 1.31. The molecule has 1 heterocycles. The van der Waals surface area contributed by atoms with Crippen LogP contribution in [0.2, 0.25) is 0 Å². The first kappa shape index (κ1) is 19.7. The summed E-state index contributed by atoms with van der Waals surface area (Å²) in [6.45, 7) is 6.77. The molecule has 0 aliphatic heterocycles. The van der Waals surface area contributed by atoms with Gasteiger partial charge in [-0.15, -0.1) is 11.3 Å². The van der Waals surface area contributed by atoms with Crippen molar-refractivity contribution in [2.24, 2.45) is 0 Å². The molecule has 3 amide bonds. The Morgan fingerprint density at radius 1 is 1.00 bits per heavy atom. The number of aryl methyl sites for hydroxylation is 1. The van der Waals surface area contributed by atoms with Gasteiger partial charge in [-0.05, 0) is 44.2 Å². The number of thiophene rings is 1. The second-order valence-corrected chi connectivity index (χ2v) is 7.52. The Labute approximate surface area is 157 Å². The normalized spacial score (nSPS) is 11.6. The van der Waals surface area contributed by atoms with Crippen molar-refractivity contribution in [3.05, 3.63) is 45.6 Å². The third-order valence-electron chi connectivity index (χ3n) is 3.89. The molecule has 6 nitrogen and oxygen atoms in total. The Hall–Kier alpha value is -2.67. The summed E-state index contributed by atoms with van der Waals surface area (Å²) >= 11 is 1.65. The summed E-state index contributed by atoms with van der Waals surface area (Å²) in [7, 11) is 1.74. The van der Waals surface area contributed by atoms with E-state index in [9.17, 15) is 14.4 Å². The van der Waals surface area contributed by atoms with E-state index in [1.165, 1.54) is 18.7 Å². The van der Waals surface area contributed by atoms with E-state index in [4.69, 9.17) is 0 Å². The van der Waals surface area contributed by atoms with Crippen LogP contribution in [0.15, 0.2) is 30.3 Å². The fraction of sp³-hybridized carbons (Fsp3) is 0.316. The largest absolute Gasteiger partial charge is 0.334 e. The standard InChI is InChI=1S/C19H23N3O3S/c1-11-6-7-18(26-11)12(2)22(5)19(25)15-8-16(20-13(3)23)10-17(9-15)21-14(4)24/h6-10,12H,1-5H3,(H,20,23)(H,21,24)/t12-/m1/s1. The molecular formula is C19H23N3O3S. The first-order valence-electron chi connectivity index (χ1n) is 8.21. The number of carbonyl (C=O) groups excluding carboxylic acids is 3. The van der Waals surface area contributed by atoms with Crippen molar-refractivity contribution in [2.75, 3.05) is 17.7 Å². The van der Waals surface area contributed by atoms with Crippen molar-refractivity contribution in [2.45, 2.75) is 33.7 Å². The van der Waals surface area contributed by atoms with E-state index in [2.05, 4.69) is 10.6 Å². The zero-order chi connectivity index (χ0) is 19.4. The maximum absolute atomic E-state index is 12.9. The minimum absolute atomic E-state index is 0.0881. The highest BCUT2D eigenvalue weighted by molar-refractivity contribution is 7.12. The summed E-state index contributed by atoms with van der Waals surface area (Å²) < 4.78 is 0. The maximum atomic E-state index is 12.9. The predicted octanol–water partition coefficient (Wildman–Crippen LogP) is 3.81. The van der Waals surface area contributed by atoms with Crippen LogP contribution < -0.4 is 10.6 Å². The van der Waals surface area contributed by atoms with Crippen molar-refractivity contribution >= 4 is 40.4 Å². The molecule has 26 heavy (non-hydrogen) atoms. The lowest BCUT2D eigenvalue weighted by atomic mass is 10.1. The van der Waals surface area contributed by atoms with Crippen molar-refractivity contribution in [3.8, 4) is 0 Å². The average Bonchev–Trinajstić information content (AvgIpc) is 2.97. The number of hydrogen-bond acceptors (Lipinski definition) is 4. The number of anilines is 2. The Balaban J connectivity index is 2.33. The van der Waals surface area contributed by atoms with Gasteiger partial charge in [-0.25, -0.2) is 0 Å². The molecule has 2 aromatic rings. The van der Waals surface area contributed by atoms with Gasteiger partial charge in [-0.3, -0.25) is 14.4 Å². The minimum Gasteiger partial charge on any atom is -0.334 e. The first-order chi connectivity index (χ1) is 12.2. The summed E-state index contributed by atoms with van der Waals surface area (Å²) in [5.74, 6) is -0.694. The highest BCUT2D eigenvalue weighted by atomic mass is 32.1. The SMILES string of the molecule is CC(=O)Nc1cc(NC(C)=O)cc(C(=O)N(C)[C@H](C)c2ccc(C)s2)c1. The lowest BCUT2D eigenvalue weighted by molar-refractivity contribution is -0.115. The van der Waals surface area contributed by atoms with Crippen LogP contribution in [0.5, 0.6) is 0 Å². The van der Waals surface area contributed by atoms with Crippen LogP contribution in [0.25, 0.3) is 0 Å². The van der Waals surface area contributed by atoms with Gasteiger partial charge in [-0.2, -0.15) is 0 Å². The van der Waals surface area contributed by atoms with Crippen LogP contribution in [-0.4, -0.2) is 29.7 Å². The quantitative estimate of drug-likeness (QED) is 0.836. The van der Waals surface area contributed by atoms with Crippen molar-refractivity contribution < 1.29 is 14.4 Å². The van der Waals surface area contributed by atoms with Crippen molar-refractivity contribution in [1.29, 1.82) is 0 Å². The second-order valence-electron chi connectivity index (χ2n) is 6.20. The lowest BCUT2D eigenvalue weighted by Crippen LogP contribution is -2.29. The monoisotopic (exact) mass is 373 g/mol. The van der Waals surface area contributed by atoms with E-state index in [0.717, 1.165) is 4.88 Å². The Morgan fingerprint density at radius 2 is 1.54 bits per heavy atom. The molecule has 0 saturated heterocycles. The molecule has 0 aliphatic rings. The number of rotatable bonds is 5. The smallest absolute Gasteiger partial charge is 0.254 e. The lowest BCUT2D eigenvalue weighted by Gasteiger charge is -2.24. The van der Waals surface area contributed by atoms with E-state index in [1.54, 1.807) is 41.5 Å². The summed E-state index contributed by atoms with van der Waals surface area (Å²) in [4.78, 5) is 39.6. The predicted molar refractivity (Wildman–Crippen MR) is 105 cm³/mol. The van der Waals surface area contributed by atoms with Gasteiger partial charge >= 0.3 is 0 Å². The zero-order valence-corrected chi connectivity index (χ0v) is 16.4. The Kier molecular flexibility index (Phi) is 6.15. The fourth-order valence-electron chi connectivity index (χ4n) is 2.55. The van der Waals surface area contributed by atoms with Gasteiger partial charge in [0, 0.05) is 47.6 Å². The molecule has 2 N–H and O–H groups in total. The molecular weight excluding hydrogens is 350 g/mol. The molecule has 0 fully saturated rings. The van der Waals surface area contributed by atoms with Crippen molar-refractivity contribution in [1.82, 2.24) is 4.90 Å². The van der Waals surface area contributed by atoms with Gasteiger partial charge in [0.1, 0.15) is 0 Å². The molecule has 0 bridgehead atoms. The first-order valence-corrected chi connectivity index (χ1v) is 9.02. The number of benzene rings is 1. The van der Waals surface area contributed by atoms with E-state index in [-0.39, 0.29) is 23.8 Å². The van der Waals surface area contributed by atoms with Gasteiger partial charge in [0.2, 0.25) is 11.8 Å². The van der Waals surface area contributed by atoms with Gasteiger partial charge in [0.25, 0.3) is 5.91 Å². The molecule has 0 unspecified atom stereocenters. The minimum atomic E-state index is -0.251. The van der Waals surface area contributed by atoms with E-state index < -0.39 is 0 Å². The van der Waals surface area contributed by atoms with Gasteiger partial charge in [0.05, 0.1) is 6.04 Å². The van der Waals surface area contributed by atoms with E-state index in [0.29, 0.717) is 16.9 Å². The van der Waals surface area contributed by atoms with Crippen LogP contribution in [0.1, 0.15) is 46.9 Å². The molecule has 2 rings (SSSR count). The van der Waals surface area contributed by atoms with Crippen LogP contribution in [-0.2, 0) is 9.59 Å². The average molecular weight is 373 g/mol. The molecule has 1 atom stereocenters. The van der Waals surface area contributed by atoms with Gasteiger partial charge in [0.15, 0.2) is 0 Å². The van der Waals surface area contributed by atoms with E-state index >= 15 is 0 Å². The number of carbonyl (C=O) groups is 3.